The summed E-state index contributed by atoms with van der Waals surface area (Å²) in [5.74, 6) is 2.16. The van der Waals surface area contributed by atoms with Crippen molar-refractivity contribution >= 4 is 11.7 Å². The quantitative estimate of drug-likeness (QED) is 0.757. The molecule has 128 valence electrons. The molecule has 2 heterocycles. The van der Waals surface area contributed by atoms with Crippen LogP contribution in [-0.2, 0) is 4.79 Å². The summed E-state index contributed by atoms with van der Waals surface area (Å²) in [6.07, 6.45) is 5.33. The van der Waals surface area contributed by atoms with E-state index in [1.165, 1.54) is 19.3 Å². The van der Waals surface area contributed by atoms with E-state index in [1.807, 2.05) is 18.7 Å². The normalized spacial score (nSPS) is 15.1. The smallest absolute Gasteiger partial charge is 0.222 e. The maximum atomic E-state index is 12.3. The lowest BCUT2D eigenvalue weighted by Gasteiger charge is -2.36. The molecule has 5 heteroatoms. The van der Waals surface area contributed by atoms with E-state index in [2.05, 4.69) is 28.7 Å². The average Bonchev–Trinajstić information content (AvgIpc) is 2.55. The first-order valence-electron chi connectivity index (χ1n) is 8.87. The van der Waals surface area contributed by atoms with Crippen LogP contribution in [0.25, 0.3) is 0 Å². The van der Waals surface area contributed by atoms with Crippen LogP contribution < -0.4 is 4.90 Å². The van der Waals surface area contributed by atoms with Crippen LogP contribution in [0.3, 0.4) is 0 Å². The highest BCUT2D eigenvalue weighted by Gasteiger charge is 2.23. The van der Waals surface area contributed by atoms with Gasteiger partial charge in [0.1, 0.15) is 11.6 Å². The van der Waals surface area contributed by atoms with Crippen LogP contribution >= 0.6 is 0 Å². The van der Waals surface area contributed by atoms with Gasteiger partial charge in [0.25, 0.3) is 0 Å². The molecule has 1 aliphatic heterocycles. The molecule has 0 aromatic carbocycles. The van der Waals surface area contributed by atoms with Gasteiger partial charge in [-0.3, -0.25) is 4.79 Å². The molecule has 0 bridgehead atoms. The summed E-state index contributed by atoms with van der Waals surface area (Å²) in [5.41, 5.74) is 2.19. The SMILES string of the molecule is CCCCCCC(=O)N1CCN(c2nc(C)nc(C)c2C)CC1. The maximum Gasteiger partial charge on any atom is 0.222 e. The number of unbranched alkanes of at least 4 members (excludes halogenated alkanes) is 3. The lowest BCUT2D eigenvalue weighted by atomic mass is 10.1. The van der Waals surface area contributed by atoms with E-state index in [4.69, 9.17) is 0 Å². The zero-order valence-corrected chi connectivity index (χ0v) is 15.1. The van der Waals surface area contributed by atoms with Crippen LogP contribution in [0.4, 0.5) is 5.82 Å². The van der Waals surface area contributed by atoms with Gasteiger partial charge in [-0.05, 0) is 27.2 Å². The summed E-state index contributed by atoms with van der Waals surface area (Å²) in [7, 11) is 0. The van der Waals surface area contributed by atoms with Crippen molar-refractivity contribution in [3.05, 3.63) is 17.1 Å². The zero-order valence-electron chi connectivity index (χ0n) is 15.1. The number of piperazine rings is 1. The first-order chi connectivity index (χ1) is 11.0. The Morgan fingerprint density at radius 2 is 1.70 bits per heavy atom. The van der Waals surface area contributed by atoms with Gasteiger partial charge < -0.3 is 9.80 Å². The van der Waals surface area contributed by atoms with Crippen molar-refractivity contribution in [1.82, 2.24) is 14.9 Å². The molecule has 0 spiro atoms. The minimum Gasteiger partial charge on any atom is -0.353 e. The predicted molar refractivity (Wildman–Crippen MR) is 93.8 cm³/mol. The second-order valence-electron chi connectivity index (χ2n) is 6.48. The number of hydrogen-bond acceptors (Lipinski definition) is 4. The minimum absolute atomic E-state index is 0.313. The lowest BCUT2D eigenvalue weighted by molar-refractivity contribution is -0.131. The van der Waals surface area contributed by atoms with Crippen molar-refractivity contribution in [2.75, 3.05) is 31.1 Å². The monoisotopic (exact) mass is 318 g/mol. The Bertz CT molecular complexity index is 536. The third-order valence-electron chi connectivity index (χ3n) is 4.65. The molecular formula is C18H30N4O. The van der Waals surface area contributed by atoms with E-state index in [0.717, 1.165) is 55.5 Å². The van der Waals surface area contributed by atoms with Gasteiger partial charge in [0, 0.05) is 43.9 Å². The first-order valence-corrected chi connectivity index (χ1v) is 8.87. The molecule has 1 fully saturated rings. The number of aryl methyl sites for hydroxylation is 2. The summed E-state index contributed by atoms with van der Waals surface area (Å²) in [4.78, 5) is 25.6. The van der Waals surface area contributed by atoms with E-state index in [9.17, 15) is 4.79 Å². The molecular weight excluding hydrogens is 288 g/mol. The highest BCUT2D eigenvalue weighted by Crippen LogP contribution is 2.21. The van der Waals surface area contributed by atoms with E-state index < -0.39 is 0 Å². The first kappa shape index (κ1) is 17.7. The Hall–Kier alpha value is -1.65. The van der Waals surface area contributed by atoms with Crippen molar-refractivity contribution in [3.8, 4) is 0 Å². The largest absolute Gasteiger partial charge is 0.353 e. The van der Waals surface area contributed by atoms with Crippen LogP contribution in [0.15, 0.2) is 0 Å². The van der Waals surface area contributed by atoms with E-state index in [0.29, 0.717) is 12.3 Å². The molecule has 0 aliphatic carbocycles. The molecule has 1 aromatic heterocycles. The van der Waals surface area contributed by atoms with Crippen LogP contribution in [-0.4, -0.2) is 47.0 Å². The zero-order chi connectivity index (χ0) is 16.8. The number of hydrogen-bond donors (Lipinski definition) is 0. The van der Waals surface area contributed by atoms with Crippen molar-refractivity contribution in [2.24, 2.45) is 0 Å². The number of anilines is 1. The fraction of sp³-hybridized carbons (Fsp3) is 0.722. The van der Waals surface area contributed by atoms with E-state index in [-0.39, 0.29) is 0 Å². The third kappa shape index (κ3) is 4.66. The minimum atomic E-state index is 0.313. The highest BCUT2D eigenvalue weighted by atomic mass is 16.2. The van der Waals surface area contributed by atoms with Gasteiger partial charge in [0.2, 0.25) is 5.91 Å². The van der Waals surface area contributed by atoms with Crippen molar-refractivity contribution in [2.45, 2.75) is 59.8 Å². The van der Waals surface area contributed by atoms with Crippen molar-refractivity contribution in [3.63, 3.8) is 0 Å². The lowest BCUT2D eigenvalue weighted by Crippen LogP contribution is -2.49. The third-order valence-corrected chi connectivity index (χ3v) is 4.65. The summed E-state index contributed by atoms with van der Waals surface area (Å²) in [5, 5.41) is 0. The van der Waals surface area contributed by atoms with Gasteiger partial charge in [-0.25, -0.2) is 9.97 Å². The topological polar surface area (TPSA) is 49.3 Å². The van der Waals surface area contributed by atoms with Crippen molar-refractivity contribution in [1.29, 1.82) is 0 Å². The number of rotatable bonds is 6. The second kappa shape index (κ2) is 8.27. The standard InChI is InChI=1S/C18H30N4O/c1-5-6-7-8-9-17(23)21-10-12-22(13-11-21)18-14(2)15(3)19-16(4)20-18/h5-13H2,1-4H3. The second-order valence-corrected chi connectivity index (χ2v) is 6.48. The predicted octanol–water partition coefficient (Wildman–Crippen LogP) is 3.02. The Morgan fingerprint density at radius 3 is 2.35 bits per heavy atom. The van der Waals surface area contributed by atoms with Crippen LogP contribution in [0, 0.1) is 20.8 Å². The number of aromatic nitrogens is 2. The number of carbonyl (C=O) groups is 1. The Balaban J connectivity index is 1.88. The fourth-order valence-electron chi connectivity index (χ4n) is 3.09. The van der Waals surface area contributed by atoms with Gasteiger partial charge in [0.15, 0.2) is 0 Å². The molecule has 1 aliphatic rings. The van der Waals surface area contributed by atoms with E-state index in [1.54, 1.807) is 0 Å². The molecule has 0 atom stereocenters. The summed E-state index contributed by atoms with van der Waals surface area (Å²) in [6, 6.07) is 0. The van der Waals surface area contributed by atoms with Gasteiger partial charge >= 0.3 is 0 Å². The van der Waals surface area contributed by atoms with Gasteiger partial charge in [0.05, 0.1) is 0 Å². The average molecular weight is 318 g/mol. The molecule has 5 nitrogen and oxygen atoms in total. The molecule has 0 unspecified atom stereocenters. The summed E-state index contributed by atoms with van der Waals surface area (Å²) < 4.78 is 0. The van der Waals surface area contributed by atoms with Gasteiger partial charge in [-0.1, -0.05) is 26.2 Å². The molecule has 2 rings (SSSR count). The number of nitrogens with zero attached hydrogens (tertiary/aromatic N) is 4. The van der Waals surface area contributed by atoms with Crippen LogP contribution in [0.5, 0.6) is 0 Å². The van der Waals surface area contributed by atoms with Crippen LogP contribution in [0.1, 0.15) is 56.1 Å². The molecule has 0 N–H and O–H groups in total. The summed E-state index contributed by atoms with van der Waals surface area (Å²) in [6.45, 7) is 11.6. The summed E-state index contributed by atoms with van der Waals surface area (Å²) >= 11 is 0. The molecule has 1 saturated heterocycles. The molecule has 0 saturated carbocycles. The maximum absolute atomic E-state index is 12.3. The highest BCUT2D eigenvalue weighted by molar-refractivity contribution is 5.76. The number of amides is 1. The fourth-order valence-corrected chi connectivity index (χ4v) is 3.09. The molecule has 1 amide bonds. The van der Waals surface area contributed by atoms with Gasteiger partial charge in [-0.15, -0.1) is 0 Å². The Labute approximate surface area is 140 Å². The van der Waals surface area contributed by atoms with Gasteiger partial charge in [-0.2, -0.15) is 0 Å². The molecule has 1 aromatic rings. The molecule has 23 heavy (non-hydrogen) atoms. The van der Waals surface area contributed by atoms with Crippen LogP contribution in [0.2, 0.25) is 0 Å². The van der Waals surface area contributed by atoms with E-state index >= 15 is 0 Å². The Kier molecular flexibility index (Phi) is 6.37. The van der Waals surface area contributed by atoms with Crippen molar-refractivity contribution < 1.29 is 4.79 Å². The molecule has 0 radical (unpaired) electrons. The Morgan fingerprint density at radius 1 is 1.00 bits per heavy atom. The number of carbonyl (C=O) groups excluding carboxylic acids is 1.